The number of nitrogens with two attached hydrogens (primary N) is 1. The zero-order valence-corrected chi connectivity index (χ0v) is 9.38. The Labute approximate surface area is 94.4 Å². The average molecular weight is 227 g/mol. The van der Waals surface area contributed by atoms with Crippen molar-refractivity contribution in [2.45, 2.75) is 12.1 Å². The molecule has 5 heteroatoms. The molecule has 2 unspecified atom stereocenters. The van der Waals surface area contributed by atoms with Gasteiger partial charge in [-0.15, -0.1) is 0 Å². The molecular weight excluding hydrogens is 210 g/mol. The van der Waals surface area contributed by atoms with Gasteiger partial charge in [0.25, 0.3) is 0 Å². The minimum atomic E-state index is -0.967. The standard InChI is InChI=1S/C11H17NO4/c1-15-7-3-4-8(10(5-7)16-2)11(14)9(12)6-13/h3-5,9,11,13-14H,6,12H2,1-2H3. The smallest absolute Gasteiger partial charge is 0.128 e. The number of benzene rings is 1. The lowest BCUT2D eigenvalue weighted by Crippen LogP contribution is -2.32. The molecule has 0 saturated heterocycles. The van der Waals surface area contributed by atoms with Crippen LogP contribution in [-0.2, 0) is 0 Å². The van der Waals surface area contributed by atoms with Crippen LogP contribution >= 0.6 is 0 Å². The van der Waals surface area contributed by atoms with Crippen LogP contribution in [0.2, 0.25) is 0 Å². The van der Waals surface area contributed by atoms with Crippen molar-refractivity contribution in [2.75, 3.05) is 20.8 Å². The first kappa shape index (κ1) is 12.8. The highest BCUT2D eigenvalue weighted by molar-refractivity contribution is 5.42. The van der Waals surface area contributed by atoms with E-state index in [9.17, 15) is 5.11 Å². The molecular formula is C11H17NO4. The van der Waals surface area contributed by atoms with Crippen LogP contribution in [0, 0.1) is 0 Å². The second-order valence-corrected chi connectivity index (χ2v) is 3.40. The minimum absolute atomic E-state index is 0.295. The highest BCUT2D eigenvalue weighted by Gasteiger charge is 2.20. The molecule has 0 amide bonds. The van der Waals surface area contributed by atoms with E-state index in [2.05, 4.69) is 0 Å². The van der Waals surface area contributed by atoms with Gasteiger partial charge in [-0.05, 0) is 12.1 Å². The van der Waals surface area contributed by atoms with Crippen molar-refractivity contribution in [2.24, 2.45) is 5.73 Å². The maximum absolute atomic E-state index is 9.86. The Morgan fingerprint density at radius 2 is 2.00 bits per heavy atom. The predicted octanol–water partition coefficient (Wildman–Crippen LogP) is 0.0568. The highest BCUT2D eigenvalue weighted by atomic mass is 16.5. The molecule has 1 rings (SSSR count). The molecule has 0 heterocycles. The first-order chi connectivity index (χ1) is 7.63. The monoisotopic (exact) mass is 227 g/mol. The van der Waals surface area contributed by atoms with Gasteiger partial charge in [-0.2, -0.15) is 0 Å². The molecule has 0 bridgehead atoms. The predicted molar refractivity (Wildman–Crippen MR) is 59.6 cm³/mol. The summed E-state index contributed by atoms with van der Waals surface area (Å²) in [7, 11) is 3.04. The van der Waals surface area contributed by atoms with E-state index >= 15 is 0 Å². The van der Waals surface area contributed by atoms with Crippen molar-refractivity contribution >= 4 is 0 Å². The molecule has 1 aromatic rings. The van der Waals surface area contributed by atoms with Crippen LogP contribution in [0.1, 0.15) is 11.7 Å². The van der Waals surface area contributed by atoms with Gasteiger partial charge >= 0.3 is 0 Å². The summed E-state index contributed by atoms with van der Waals surface area (Å²) >= 11 is 0. The third-order valence-electron chi connectivity index (χ3n) is 2.38. The number of hydrogen-bond donors (Lipinski definition) is 3. The lowest BCUT2D eigenvalue weighted by Gasteiger charge is -2.19. The zero-order chi connectivity index (χ0) is 12.1. The van der Waals surface area contributed by atoms with Gasteiger partial charge in [0, 0.05) is 11.6 Å². The van der Waals surface area contributed by atoms with Crippen LogP contribution in [-0.4, -0.2) is 37.1 Å². The van der Waals surface area contributed by atoms with E-state index in [1.165, 1.54) is 7.11 Å². The normalized spacial score (nSPS) is 14.3. The minimum Gasteiger partial charge on any atom is -0.497 e. The number of methoxy groups -OCH3 is 2. The third kappa shape index (κ3) is 2.63. The molecule has 0 aliphatic heterocycles. The van der Waals surface area contributed by atoms with Crippen molar-refractivity contribution in [3.63, 3.8) is 0 Å². The molecule has 0 aliphatic rings. The van der Waals surface area contributed by atoms with Crippen LogP contribution in [0.5, 0.6) is 11.5 Å². The molecule has 0 aliphatic carbocycles. The fraction of sp³-hybridized carbons (Fsp3) is 0.455. The van der Waals surface area contributed by atoms with Gasteiger partial charge in [-0.25, -0.2) is 0 Å². The molecule has 0 aromatic heterocycles. The van der Waals surface area contributed by atoms with E-state index in [1.54, 1.807) is 25.3 Å². The molecule has 0 saturated carbocycles. The van der Waals surface area contributed by atoms with Crippen LogP contribution in [0.3, 0.4) is 0 Å². The van der Waals surface area contributed by atoms with Gasteiger partial charge in [0.1, 0.15) is 11.5 Å². The van der Waals surface area contributed by atoms with Gasteiger partial charge in [0.05, 0.1) is 33.0 Å². The van der Waals surface area contributed by atoms with Gasteiger partial charge in [0.2, 0.25) is 0 Å². The van der Waals surface area contributed by atoms with E-state index in [0.29, 0.717) is 17.1 Å². The maximum atomic E-state index is 9.86. The van der Waals surface area contributed by atoms with Crippen molar-refractivity contribution in [1.29, 1.82) is 0 Å². The van der Waals surface area contributed by atoms with E-state index in [4.69, 9.17) is 20.3 Å². The van der Waals surface area contributed by atoms with E-state index in [-0.39, 0.29) is 6.61 Å². The number of hydrogen-bond acceptors (Lipinski definition) is 5. The summed E-state index contributed by atoms with van der Waals surface area (Å²) in [6.07, 6.45) is -0.967. The SMILES string of the molecule is COc1ccc(C(O)C(N)CO)c(OC)c1. The van der Waals surface area contributed by atoms with Crippen molar-refractivity contribution in [1.82, 2.24) is 0 Å². The van der Waals surface area contributed by atoms with Crippen molar-refractivity contribution in [3.8, 4) is 11.5 Å². The summed E-state index contributed by atoms with van der Waals surface area (Å²) in [5, 5.41) is 18.7. The molecule has 0 spiro atoms. The van der Waals surface area contributed by atoms with E-state index in [1.807, 2.05) is 0 Å². The van der Waals surface area contributed by atoms with Gasteiger partial charge < -0.3 is 25.4 Å². The number of aliphatic hydroxyl groups excluding tert-OH is 2. The Hall–Kier alpha value is -1.30. The number of ether oxygens (including phenoxy) is 2. The Balaban J connectivity index is 3.03. The van der Waals surface area contributed by atoms with Crippen LogP contribution in [0.25, 0.3) is 0 Å². The van der Waals surface area contributed by atoms with Gasteiger partial charge in [0.15, 0.2) is 0 Å². The van der Waals surface area contributed by atoms with E-state index < -0.39 is 12.1 Å². The Morgan fingerprint density at radius 1 is 1.31 bits per heavy atom. The molecule has 1 aromatic carbocycles. The number of aliphatic hydroxyl groups is 2. The summed E-state index contributed by atoms with van der Waals surface area (Å²) in [6, 6.07) is 4.29. The Bertz CT molecular complexity index is 343. The second-order valence-electron chi connectivity index (χ2n) is 3.40. The third-order valence-corrected chi connectivity index (χ3v) is 2.38. The molecule has 5 nitrogen and oxygen atoms in total. The average Bonchev–Trinajstić information content (AvgIpc) is 2.35. The summed E-state index contributed by atoms with van der Waals surface area (Å²) in [4.78, 5) is 0. The molecule has 0 radical (unpaired) electrons. The van der Waals surface area contributed by atoms with Crippen LogP contribution in [0.15, 0.2) is 18.2 Å². The first-order valence-electron chi connectivity index (χ1n) is 4.90. The zero-order valence-electron chi connectivity index (χ0n) is 9.38. The lowest BCUT2D eigenvalue weighted by atomic mass is 10.0. The molecule has 4 N–H and O–H groups in total. The van der Waals surface area contributed by atoms with Crippen LogP contribution in [0.4, 0.5) is 0 Å². The van der Waals surface area contributed by atoms with Crippen molar-refractivity contribution in [3.05, 3.63) is 23.8 Å². The Morgan fingerprint density at radius 3 is 2.50 bits per heavy atom. The van der Waals surface area contributed by atoms with Gasteiger partial charge in [-0.1, -0.05) is 0 Å². The topological polar surface area (TPSA) is 84.9 Å². The summed E-state index contributed by atoms with van der Waals surface area (Å²) in [5.41, 5.74) is 6.09. The molecule has 2 atom stereocenters. The van der Waals surface area contributed by atoms with Gasteiger partial charge in [-0.3, -0.25) is 0 Å². The van der Waals surface area contributed by atoms with Crippen molar-refractivity contribution < 1.29 is 19.7 Å². The lowest BCUT2D eigenvalue weighted by molar-refractivity contribution is 0.107. The molecule has 90 valence electrons. The largest absolute Gasteiger partial charge is 0.497 e. The second kappa shape index (κ2) is 5.69. The molecule has 16 heavy (non-hydrogen) atoms. The van der Waals surface area contributed by atoms with Crippen LogP contribution < -0.4 is 15.2 Å². The maximum Gasteiger partial charge on any atom is 0.128 e. The van der Waals surface area contributed by atoms with E-state index in [0.717, 1.165) is 0 Å². The quantitative estimate of drug-likeness (QED) is 0.662. The first-order valence-corrected chi connectivity index (χ1v) is 4.90. The Kier molecular flexibility index (Phi) is 4.54. The summed E-state index contributed by atoms with van der Waals surface area (Å²) < 4.78 is 10.2. The summed E-state index contributed by atoms with van der Waals surface area (Å²) in [5.74, 6) is 1.11. The fourth-order valence-electron chi connectivity index (χ4n) is 1.39. The number of rotatable bonds is 5. The molecule has 0 fully saturated rings. The fourth-order valence-corrected chi connectivity index (χ4v) is 1.39. The summed E-state index contributed by atoms with van der Waals surface area (Å²) in [6.45, 7) is -0.295. The highest BCUT2D eigenvalue weighted by Crippen LogP contribution is 2.30.